The van der Waals surface area contributed by atoms with Gasteiger partial charge in [0.05, 0.1) is 5.69 Å². The predicted molar refractivity (Wildman–Crippen MR) is 126 cm³/mol. The third kappa shape index (κ3) is 4.52. The summed E-state index contributed by atoms with van der Waals surface area (Å²) in [6.45, 7) is 0.291. The Morgan fingerprint density at radius 2 is 1.82 bits per heavy atom. The molecule has 0 aliphatic rings. The minimum atomic E-state index is -0.492. The van der Waals surface area contributed by atoms with Crippen LogP contribution in [-0.2, 0) is 6.61 Å². The lowest BCUT2D eigenvalue weighted by atomic mass is 10.1. The van der Waals surface area contributed by atoms with Crippen molar-refractivity contribution in [1.82, 2.24) is 14.4 Å². The Kier molecular flexibility index (Phi) is 5.43. The highest BCUT2D eigenvalue weighted by Gasteiger charge is 2.12. The SMILES string of the molecule is O=C(Nc1cccc(OCc2cn3ccccc3n2)c1)c1ccc(-c2ccccc2)[nH]c1=O. The molecule has 0 aliphatic heterocycles. The number of pyridine rings is 2. The number of aromatic amines is 1. The van der Waals surface area contributed by atoms with Crippen LogP contribution in [0.2, 0.25) is 0 Å². The molecular weight excluding hydrogens is 416 g/mol. The molecule has 3 heterocycles. The second-order valence-electron chi connectivity index (χ2n) is 7.45. The molecule has 7 heteroatoms. The number of carbonyl (C=O) groups excluding carboxylic acids is 1. The van der Waals surface area contributed by atoms with E-state index in [-0.39, 0.29) is 5.56 Å². The van der Waals surface area contributed by atoms with Crippen LogP contribution in [0, 0.1) is 0 Å². The first-order valence-corrected chi connectivity index (χ1v) is 10.4. The average Bonchev–Trinajstić information content (AvgIpc) is 3.26. The number of fused-ring (bicyclic) bond motifs is 1. The maximum atomic E-state index is 12.7. The van der Waals surface area contributed by atoms with Crippen molar-refractivity contribution in [2.75, 3.05) is 5.32 Å². The number of hydrogen-bond acceptors (Lipinski definition) is 4. The van der Waals surface area contributed by atoms with Crippen LogP contribution in [0.1, 0.15) is 16.1 Å². The summed E-state index contributed by atoms with van der Waals surface area (Å²) in [5.74, 6) is 0.0894. The van der Waals surface area contributed by atoms with Crippen molar-refractivity contribution in [3.05, 3.63) is 119 Å². The minimum absolute atomic E-state index is 0.0331. The zero-order chi connectivity index (χ0) is 22.6. The van der Waals surface area contributed by atoms with Crippen molar-refractivity contribution in [2.24, 2.45) is 0 Å². The molecule has 0 aliphatic carbocycles. The van der Waals surface area contributed by atoms with E-state index in [1.54, 1.807) is 30.3 Å². The fraction of sp³-hybridized carbons (Fsp3) is 0.0385. The molecule has 0 unspecified atom stereocenters. The molecular formula is C26H20N4O3. The Morgan fingerprint density at radius 1 is 0.970 bits per heavy atom. The van der Waals surface area contributed by atoms with Gasteiger partial charge in [-0.3, -0.25) is 9.59 Å². The van der Waals surface area contributed by atoms with E-state index in [9.17, 15) is 9.59 Å². The van der Waals surface area contributed by atoms with E-state index in [1.807, 2.05) is 65.3 Å². The zero-order valence-corrected chi connectivity index (χ0v) is 17.6. The molecule has 5 rings (SSSR count). The van der Waals surface area contributed by atoms with E-state index >= 15 is 0 Å². The summed E-state index contributed by atoms with van der Waals surface area (Å²) in [4.78, 5) is 32.5. The first-order valence-electron chi connectivity index (χ1n) is 10.4. The number of imidazole rings is 1. The number of carbonyl (C=O) groups is 1. The fourth-order valence-corrected chi connectivity index (χ4v) is 3.51. The molecule has 0 saturated heterocycles. The summed E-state index contributed by atoms with van der Waals surface area (Å²) in [6.07, 6.45) is 3.84. The molecule has 1 amide bonds. The van der Waals surface area contributed by atoms with E-state index in [0.29, 0.717) is 23.7 Å². The second kappa shape index (κ2) is 8.84. The highest BCUT2D eigenvalue weighted by atomic mass is 16.5. The summed E-state index contributed by atoms with van der Waals surface area (Å²) in [7, 11) is 0. The van der Waals surface area contributed by atoms with Gasteiger partial charge in [0.2, 0.25) is 0 Å². The molecule has 2 N–H and O–H groups in total. The highest BCUT2D eigenvalue weighted by Crippen LogP contribution is 2.20. The van der Waals surface area contributed by atoms with Gasteiger partial charge in [-0.05, 0) is 42.0 Å². The number of amides is 1. The van der Waals surface area contributed by atoms with E-state index in [4.69, 9.17) is 4.74 Å². The molecule has 0 radical (unpaired) electrons. The number of hydrogen-bond donors (Lipinski definition) is 2. The van der Waals surface area contributed by atoms with Crippen molar-refractivity contribution in [2.45, 2.75) is 6.61 Å². The van der Waals surface area contributed by atoms with Gasteiger partial charge in [-0.1, -0.05) is 42.5 Å². The first kappa shape index (κ1) is 20.3. The lowest BCUT2D eigenvalue weighted by molar-refractivity contribution is 0.102. The maximum Gasteiger partial charge on any atom is 0.261 e. The molecule has 162 valence electrons. The van der Waals surface area contributed by atoms with Crippen molar-refractivity contribution in [3.8, 4) is 17.0 Å². The number of rotatable bonds is 6. The molecule has 7 nitrogen and oxygen atoms in total. The molecule has 0 saturated carbocycles. The van der Waals surface area contributed by atoms with Crippen molar-refractivity contribution in [3.63, 3.8) is 0 Å². The van der Waals surface area contributed by atoms with Gasteiger partial charge < -0.3 is 19.4 Å². The number of H-pyrrole nitrogens is 1. The van der Waals surface area contributed by atoms with Crippen LogP contribution in [0.3, 0.4) is 0 Å². The summed E-state index contributed by atoms with van der Waals surface area (Å²) < 4.78 is 7.77. The quantitative estimate of drug-likeness (QED) is 0.410. The summed E-state index contributed by atoms with van der Waals surface area (Å²) in [5, 5.41) is 2.76. The van der Waals surface area contributed by atoms with Crippen LogP contribution in [-0.4, -0.2) is 20.3 Å². The third-order valence-corrected chi connectivity index (χ3v) is 5.13. The van der Waals surface area contributed by atoms with Gasteiger partial charge in [-0.25, -0.2) is 4.98 Å². The van der Waals surface area contributed by atoms with Gasteiger partial charge in [0.15, 0.2) is 0 Å². The molecule has 0 atom stereocenters. The zero-order valence-electron chi connectivity index (χ0n) is 17.6. The molecule has 5 aromatic rings. The second-order valence-corrected chi connectivity index (χ2v) is 7.45. The van der Waals surface area contributed by atoms with Gasteiger partial charge in [-0.15, -0.1) is 0 Å². The Hall–Kier alpha value is -4.65. The van der Waals surface area contributed by atoms with Gasteiger partial charge in [0.25, 0.3) is 11.5 Å². The summed E-state index contributed by atoms with van der Waals surface area (Å²) in [5.41, 5.74) is 3.27. The molecule has 33 heavy (non-hydrogen) atoms. The summed E-state index contributed by atoms with van der Waals surface area (Å²) >= 11 is 0. The topological polar surface area (TPSA) is 88.5 Å². The molecule has 3 aromatic heterocycles. The van der Waals surface area contributed by atoms with Gasteiger partial charge >= 0.3 is 0 Å². The Bertz CT molecular complexity index is 1460. The number of nitrogens with zero attached hydrogens (tertiary/aromatic N) is 2. The van der Waals surface area contributed by atoms with Crippen LogP contribution in [0.4, 0.5) is 5.69 Å². The number of nitrogens with one attached hydrogen (secondary N) is 2. The predicted octanol–water partition coefficient (Wildman–Crippen LogP) is 4.52. The van der Waals surface area contributed by atoms with Gasteiger partial charge in [0.1, 0.15) is 23.6 Å². The van der Waals surface area contributed by atoms with Crippen LogP contribution in [0.15, 0.2) is 102 Å². The van der Waals surface area contributed by atoms with Crippen LogP contribution >= 0.6 is 0 Å². The van der Waals surface area contributed by atoms with Crippen molar-refractivity contribution >= 4 is 17.2 Å². The monoisotopic (exact) mass is 436 g/mol. The smallest absolute Gasteiger partial charge is 0.261 e. The van der Waals surface area contributed by atoms with Crippen molar-refractivity contribution in [1.29, 1.82) is 0 Å². The number of aromatic nitrogens is 3. The first-order chi connectivity index (χ1) is 16.2. The van der Waals surface area contributed by atoms with Gasteiger partial charge in [0, 0.05) is 29.8 Å². The molecule has 2 aromatic carbocycles. The minimum Gasteiger partial charge on any atom is -0.487 e. The summed E-state index contributed by atoms with van der Waals surface area (Å²) in [6, 6.07) is 25.5. The lowest BCUT2D eigenvalue weighted by Gasteiger charge is -2.09. The third-order valence-electron chi connectivity index (χ3n) is 5.13. The lowest BCUT2D eigenvalue weighted by Crippen LogP contribution is -2.23. The van der Waals surface area contributed by atoms with Gasteiger partial charge in [-0.2, -0.15) is 0 Å². The molecule has 0 bridgehead atoms. The van der Waals surface area contributed by atoms with Crippen molar-refractivity contribution < 1.29 is 9.53 Å². The van der Waals surface area contributed by atoms with E-state index in [0.717, 1.165) is 16.9 Å². The van der Waals surface area contributed by atoms with E-state index < -0.39 is 11.5 Å². The van der Waals surface area contributed by atoms with Crippen LogP contribution < -0.4 is 15.6 Å². The standard InChI is InChI=1S/C26H20N4O3/c31-25(22-12-13-23(29-26(22)32)18-7-2-1-3-8-18)28-19-9-6-10-21(15-19)33-17-20-16-30-14-5-4-11-24(30)27-20/h1-16H,17H2,(H,28,31)(H,29,32). The highest BCUT2D eigenvalue weighted by molar-refractivity contribution is 6.04. The fourth-order valence-electron chi connectivity index (χ4n) is 3.51. The largest absolute Gasteiger partial charge is 0.487 e. The average molecular weight is 436 g/mol. The van der Waals surface area contributed by atoms with Crippen LogP contribution in [0.5, 0.6) is 5.75 Å². The van der Waals surface area contributed by atoms with Crippen LogP contribution in [0.25, 0.3) is 16.9 Å². The Balaban J connectivity index is 1.27. The Morgan fingerprint density at radius 3 is 2.64 bits per heavy atom. The normalized spacial score (nSPS) is 10.8. The van der Waals surface area contributed by atoms with E-state index in [1.165, 1.54) is 6.07 Å². The Labute approximate surface area is 189 Å². The number of ether oxygens (including phenoxy) is 1. The maximum absolute atomic E-state index is 12.7. The van der Waals surface area contributed by atoms with E-state index in [2.05, 4.69) is 15.3 Å². The molecule has 0 spiro atoms. The molecule has 0 fully saturated rings. The number of benzene rings is 2. The number of anilines is 1.